The first kappa shape index (κ1) is 10.1. The summed E-state index contributed by atoms with van der Waals surface area (Å²) in [6, 6.07) is 0. The highest BCUT2D eigenvalue weighted by molar-refractivity contribution is 5.53. The zero-order valence-electron chi connectivity index (χ0n) is 8.54. The van der Waals surface area contributed by atoms with Gasteiger partial charge in [-0.1, -0.05) is 6.42 Å². The second-order valence-corrected chi connectivity index (χ2v) is 4.32. The summed E-state index contributed by atoms with van der Waals surface area (Å²) in [7, 11) is 0. The Hall–Kier alpha value is -0.410. The van der Waals surface area contributed by atoms with Crippen molar-refractivity contribution >= 4 is 6.29 Å². The predicted molar refractivity (Wildman–Crippen MR) is 51.9 cm³/mol. The van der Waals surface area contributed by atoms with E-state index in [0.717, 1.165) is 25.5 Å². The summed E-state index contributed by atoms with van der Waals surface area (Å²) in [4.78, 5) is 10.6. The number of hydrogen-bond acceptors (Lipinski definition) is 3. The molecule has 1 saturated carbocycles. The highest BCUT2D eigenvalue weighted by atomic mass is 16.7. The van der Waals surface area contributed by atoms with Gasteiger partial charge in [0.15, 0.2) is 5.79 Å². The van der Waals surface area contributed by atoms with Crippen molar-refractivity contribution in [2.75, 3.05) is 13.2 Å². The molecule has 0 aromatic carbocycles. The van der Waals surface area contributed by atoms with Gasteiger partial charge in [-0.05, 0) is 19.3 Å². The average molecular weight is 198 g/mol. The van der Waals surface area contributed by atoms with Crippen molar-refractivity contribution in [2.45, 2.75) is 44.3 Å². The highest BCUT2D eigenvalue weighted by Gasteiger charge is 2.36. The minimum Gasteiger partial charge on any atom is -0.350 e. The summed E-state index contributed by atoms with van der Waals surface area (Å²) < 4.78 is 11.6. The Bertz CT molecular complexity index is 197. The molecule has 1 heterocycles. The molecule has 3 nitrogen and oxygen atoms in total. The van der Waals surface area contributed by atoms with Crippen LogP contribution in [0.15, 0.2) is 0 Å². The topological polar surface area (TPSA) is 35.5 Å². The molecule has 0 radical (unpaired) electrons. The van der Waals surface area contributed by atoms with Crippen molar-refractivity contribution in [3.05, 3.63) is 0 Å². The molecular weight excluding hydrogens is 180 g/mol. The quantitative estimate of drug-likeness (QED) is 0.604. The fourth-order valence-corrected chi connectivity index (χ4v) is 2.27. The zero-order chi connectivity index (χ0) is 9.86. The standard InChI is InChI=1S/C11H18O3/c12-8-10-4-7-13-11(14-9-10)5-2-1-3-6-11/h8,10H,1-7,9H2. The van der Waals surface area contributed by atoms with E-state index in [1.54, 1.807) is 0 Å². The van der Waals surface area contributed by atoms with Crippen LogP contribution in [0.5, 0.6) is 0 Å². The van der Waals surface area contributed by atoms with Gasteiger partial charge in [0.05, 0.1) is 13.2 Å². The first-order valence-electron chi connectivity index (χ1n) is 5.58. The van der Waals surface area contributed by atoms with E-state index in [0.29, 0.717) is 13.2 Å². The first-order chi connectivity index (χ1) is 6.85. The number of aldehydes is 1. The van der Waals surface area contributed by atoms with Gasteiger partial charge in [0, 0.05) is 18.8 Å². The van der Waals surface area contributed by atoms with Gasteiger partial charge in [-0.2, -0.15) is 0 Å². The van der Waals surface area contributed by atoms with Crippen molar-refractivity contribution in [1.29, 1.82) is 0 Å². The van der Waals surface area contributed by atoms with Gasteiger partial charge >= 0.3 is 0 Å². The lowest BCUT2D eigenvalue weighted by atomic mass is 9.94. The maximum absolute atomic E-state index is 10.6. The van der Waals surface area contributed by atoms with E-state index in [4.69, 9.17) is 9.47 Å². The smallest absolute Gasteiger partial charge is 0.168 e. The van der Waals surface area contributed by atoms with E-state index in [9.17, 15) is 4.79 Å². The van der Waals surface area contributed by atoms with Crippen LogP contribution < -0.4 is 0 Å². The summed E-state index contributed by atoms with van der Waals surface area (Å²) in [5, 5.41) is 0. The molecule has 2 rings (SSSR count). The van der Waals surface area contributed by atoms with Crippen LogP contribution in [0.4, 0.5) is 0 Å². The lowest BCUT2D eigenvalue weighted by Crippen LogP contribution is -2.37. The van der Waals surface area contributed by atoms with Crippen LogP contribution in [0.1, 0.15) is 38.5 Å². The molecule has 1 unspecified atom stereocenters. The number of ether oxygens (including phenoxy) is 2. The summed E-state index contributed by atoms with van der Waals surface area (Å²) >= 11 is 0. The Morgan fingerprint density at radius 3 is 2.64 bits per heavy atom. The van der Waals surface area contributed by atoms with E-state index >= 15 is 0 Å². The molecule has 0 bridgehead atoms. The van der Waals surface area contributed by atoms with Crippen LogP contribution in [0.2, 0.25) is 0 Å². The summed E-state index contributed by atoms with van der Waals surface area (Å²) in [6.07, 6.45) is 7.46. The lowest BCUT2D eigenvalue weighted by Gasteiger charge is -2.35. The molecule has 1 atom stereocenters. The molecule has 0 aromatic heterocycles. The molecule has 2 fully saturated rings. The number of rotatable bonds is 1. The lowest BCUT2D eigenvalue weighted by molar-refractivity contribution is -0.241. The van der Waals surface area contributed by atoms with Crippen LogP contribution in [0.25, 0.3) is 0 Å². The molecule has 1 saturated heterocycles. The van der Waals surface area contributed by atoms with Crippen molar-refractivity contribution < 1.29 is 14.3 Å². The summed E-state index contributed by atoms with van der Waals surface area (Å²) in [6.45, 7) is 1.22. The fourth-order valence-electron chi connectivity index (χ4n) is 2.27. The van der Waals surface area contributed by atoms with Crippen molar-refractivity contribution in [2.24, 2.45) is 5.92 Å². The third kappa shape index (κ3) is 2.15. The molecule has 0 amide bonds. The van der Waals surface area contributed by atoms with Crippen molar-refractivity contribution in [1.82, 2.24) is 0 Å². The SMILES string of the molecule is O=CC1CCOC2(CCCCC2)OC1. The van der Waals surface area contributed by atoms with Gasteiger partial charge in [-0.15, -0.1) is 0 Å². The fraction of sp³-hybridized carbons (Fsp3) is 0.909. The van der Waals surface area contributed by atoms with E-state index < -0.39 is 0 Å². The second-order valence-electron chi connectivity index (χ2n) is 4.32. The van der Waals surface area contributed by atoms with Crippen molar-refractivity contribution in [3.63, 3.8) is 0 Å². The normalized spacial score (nSPS) is 32.4. The predicted octanol–water partition coefficient (Wildman–Crippen LogP) is 1.90. The highest BCUT2D eigenvalue weighted by Crippen LogP contribution is 2.35. The van der Waals surface area contributed by atoms with Crippen LogP contribution in [-0.4, -0.2) is 25.3 Å². The Morgan fingerprint density at radius 2 is 1.93 bits per heavy atom. The molecule has 1 spiro atoms. The molecule has 0 N–H and O–H groups in total. The van der Waals surface area contributed by atoms with Gasteiger partial charge in [0.25, 0.3) is 0 Å². The minimum atomic E-state index is -0.337. The molecular formula is C11H18O3. The van der Waals surface area contributed by atoms with Crippen molar-refractivity contribution in [3.8, 4) is 0 Å². The van der Waals surface area contributed by atoms with E-state index in [1.807, 2.05) is 0 Å². The summed E-state index contributed by atoms with van der Waals surface area (Å²) in [5.74, 6) is -0.299. The Kier molecular flexibility index (Phi) is 3.19. The van der Waals surface area contributed by atoms with Crippen LogP contribution in [0, 0.1) is 5.92 Å². The Morgan fingerprint density at radius 1 is 1.14 bits per heavy atom. The molecule has 80 valence electrons. The Labute approximate surface area is 84.8 Å². The van der Waals surface area contributed by atoms with Gasteiger partial charge in [0.1, 0.15) is 6.29 Å². The monoisotopic (exact) mass is 198 g/mol. The third-order valence-electron chi connectivity index (χ3n) is 3.22. The molecule has 2 aliphatic rings. The van der Waals surface area contributed by atoms with Crippen LogP contribution in [0.3, 0.4) is 0 Å². The van der Waals surface area contributed by atoms with Gasteiger partial charge in [-0.3, -0.25) is 0 Å². The largest absolute Gasteiger partial charge is 0.350 e. The van der Waals surface area contributed by atoms with Gasteiger partial charge in [0.2, 0.25) is 0 Å². The van der Waals surface area contributed by atoms with E-state index in [1.165, 1.54) is 19.3 Å². The number of carbonyl (C=O) groups is 1. The van der Waals surface area contributed by atoms with Crippen LogP contribution in [-0.2, 0) is 14.3 Å². The molecule has 1 aliphatic heterocycles. The first-order valence-corrected chi connectivity index (χ1v) is 5.58. The second kappa shape index (κ2) is 4.41. The van der Waals surface area contributed by atoms with Gasteiger partial charge in [-0.25, -0.2) is 0 Å². The van der Waals surface area contributed by atoms with E-state index in [2.05, 4.69) is 0 Å². The number of carbonyl (C=O) groups excluding carboxylic acids is 1. The number of hydrogen-bond donors (Lipinski definition) is 0. The average Bonchev–Trinajstić information content (AvgIpc) is 2.42. The Balaban J connectivity index is 1.95. The summed E-state index contributed by atoms with van der Waals surface area (Å²) in [5.41, 5.74) is 0. The third-order valence-corrected chi connectivity index (χ3v) is 3.22. The van der Waals surface area contributed by atoms with Gasteiger partial charge < -0.3 is 14.3 Å². The molecule has 3 heteroatoms. The maximum atomic E-state index is 10.6. The van der Waals surface area contributed by atoms with Crippen LogP contribution >= 0.6 is 0 Å². The molecule has 1 aliphatic carbocycles. The molecule has 14 heavy (non-hydrogen) atoms. The molecule has 0 aromatic rings. The minimum absolute atomic E-state index is 0.0382. The zero-order valence-corrected chi connectivity index (χ0v) is 8.54. The van der Waals surface area contributed by atoms with E-state index in [-0.39, 0.29) is 11.7 Å². The maximum Gasteiger partial charge on any atom is 0.168 e.